The van der Waals surface area contributed by atoms with E-state index in [2.05, 4.69) is 46.4 Å². The van der Waals surface area contributed by atoms with Crippen molar-refractivity contribution in [3.63, 3.8) is 0 Å². The summed E-state index contributed by atoms with van der Waals surface area (Å²) in [7, 11) is 2.34. The summed E-state index contributed by atoms with van der Waals surface area (Å²) in [6.45, 7) is 4.97. The van der Waals surface area contributed by atoms with Crippen LogP contribution in [-0.4, -0.2) is 55.1 Å². The molecular weight excluding hydrogens is 258 g/mol. The molecule has 1 N–H and O–H groups in total. The number of para-hydroxylation sites is 1. The summed E-state index contributed by atoms with van der Waals surface area (Å²) >= 11 is 0. The van der Waals surface area contributed by atoms with Gasteiger partial charge in [0.15, 0.2) is 0 Å². The number of likely N-dealkylation sites (tertiary alicyclic amines) is 1. The van der Waals surface area contributed by atoms with Crippen LogP contribution in [0.15, 0.2) is 24.3 Å². The van der Waals surface area contributed by atoms with Crippen molar-refractivity contribution in [3.05, 3.63) is 29.8 Å². The van der Waals surface area contributed by atoms with E-state index in [1.807, 2.05) is 0 Å². The molecule has 3 aliphatic rings. The maximum absolute atomic E-state index is 3.56. The number of benzene rings is 1. The lowest BCUT2D eigenvalue weighted by molar-refractivity contribution is 0.215. The van der Waals surface area contributed by atoms with Crippen molar-refractivity contribution in [3.8, 4) is 0 Å². The maximum atomic E-state index is 3.56. The highest BCUT2D eigenvalue weighted by molar-refractivity contribution is 5.57. The van der Waals surface area contributed by atoms with Gasteiger partial charge in [-0.1, -0.05) is 18.2 Å². The Hall–Kier alpha value is -1.06. The van der Waals surface area contributed by atoms with Crippen LogP contribution in [0.2, 0.25) is 0 Å². The lowest BCUT2D eigenvalue weighted by atomic mass is 9.97. The first-order chi connectivity index (χ1) is 10.3. The first-order valence-corrected chi connectivity index (χ1v) is 8.58. The topological polar surface area (TPSA) is 18.5 Å². The number of anilines is 1. The number of nitrogens with one attached hydrogen (secondary N) is 1. The Kier molecular flexibility index (Phi) is 3.64. The zero-order valence-electron chi connectivity index (χ0n) is 13.1. The molecule has 0 aromatic heterocycles. The van der Waals surface area contributed by atoms with E-state index in [0.29, 0.717) is 5.92 Å². The molecule has 1 aromatic rings. The molecule has 3 unspecified atom stereocenters. The second kappa shape index (κ2) is 5.62. The van der Waals surface area contributed by atoms with Crippen molar-refractivity contribution in [2.75, 3.05) is 38.5 Å². The summed E-state index contributed by atoms with van der Waals surface area (Å²) in [6, 6.07) is 10.5. The molecule has 3 atom stereocenters. The minimum Gasteiger partial charge on any atom is -0.384 e. The van der Waals surface area contributed by atoms with Gasteiger partial charge in [-0.15, -0.1) is 0 Å². The third kappa shape index (κ3) is 2.58. The van der Waals surface area contributed by atoms with Crippen molar-refractivity contribution < 1.29 is 0 Å². The second-order valence-electron chi connectivity index (χ2n) is 7.09. The fourth-order valence-corrected chi connectivity index (χ4v) is 4.54. The Morgan fingerprint density at radius 2 is 2.00 bits per heavy atom. The van der Waals surface area contributed by atoms with Crippen molar-refractivity contribution in [2.24, 2.45) is 0 Å². The number of hydrogen-bond donors (Lipinski definition) is 1. The summed E-state index contributed by atoms with van der Waals surface area (Å²) in [6.07, 6.45) is 5.50. The van der Waals surface area contributed by atoms with Crippen LogP contribution in [0, 0.1) is 0 Å². The molecule has 4 rings (SSSR count). The number of hydrogen-bond acceptors (Lipinski definition) is 3. The third-order valence-corrected chi connectivity index (χ3v) is 5.97. The van der Waals surface area contributed by atoms with E-state index in [4.69, 9.17) is 0 Å². The SMILES string of the molecule is CN1C2CCC1CN(CCC1CNc3ccccc31)CC2. The highest BCUT2D eigenvalue weighted by Gasteiger charge is 2.34. The van der Waals surface area contributed by atoms with E-state index in [0.717, 1.165) is 18.6 Å². The second-order valence-corrected chi connectivity index (χ2v) is 7.09. The average molecular weight is 285 g/mol. The molecule has 3 nitrogen and oxygen atoms in total. The maximum Gasteiger partial charge on any atom is 0.0376 e. The van der Waals surface area contributed by atoms with E-state index < -0.39 is 0 Å². The first kappa shape index (κ1) is 13.6. The fraction of sp³-hybridized carbons (Fsp3) is 0.667. The van der Waals surface area contributed by atoms with Gasteiger partial charge in [-0.05, 0) is 57.5 Å². The molecule has 0 saturated carbocycles. The van der Waals surface area contributed by atoms with E-state index >= 15 is 0 Å². The molecule has 0 spiro atoms. The summed E-state index contributed by atoms with van der Waals surface area (Å²) in [5.41, 5.74) is 2.89. The number of nitrogens with zero attached hydrogens (tertiary/aromatic N) is 2. The summed E-state index contributed by atoms with van der Waals surface area (Å²) in [4.78, 5) is 5.37. The smallest absolute Gasteiger partial charge is 0.0376 e. The summed E-state index contributed by atoms with van der Waals surface area (Å²) in [5, 5.41) is 3.56. The normalized spacial score (nSPS) is 32.7. The van der Waals surface area contributed by atoms with Gasteiger partial charge in [0.2, 0.25) is 0 Å². The molecule has 0 aliphatic carbocycles. The van der Waals surface area contributed by atoms with Gasteiger partial charge in [-0.25, -0.2) is 0 Å². The van der Waals surface area contributed by atoms with Crippen LogP contribution >= 0.6 is 0 Å². The Labute approximate surface area is 128 Å². The largest absolute Gasteiger partial charge is 0.384 e. The van der Waals surface area contributed by atoms with Crippen LogP contribution in [0.1, 0.15) is 37.2 Å². The molecule has 1 aromatic carbocycles. The van der Waals surface area contributed by atoms with Crippen LogP contribution in [0.5, 0.6) is 0 Å². The van der Waals surface area contributed by atoms with Crippen LogP contribution in [0.3, 0.4) is 0 Å². The number of rotatable bonds is 3. The molecule has 21 heavy (non-hydrogen) atoms. The minimum absolute atomic E-state index is 0.708. The van der Waals surface area contributed by atoms with Crippen molar-refractivity contribution in [1.82, 2.24) is 9.80 Å². The van der Waals surface area contributed by atoms with Gasteiger partial charge in [0.25, 0.3) is 0 Å². The van der Waals surface area contributed by atoms with E-state index in [9.17, 15) is 0 Å². The van der Waals surface area contributed by atoms with E-state index in [-0.39, 0.29) is 0 Å². The predicted molar refractivity (Wildman–Crippen MR) is 87.9 cm³/mol. The molecule has 2 saturated heterocycles. The van der Waals surface area contributed by atoms with Gasteiger partial charge in [0.1, 0.15) is 0 Å². The van der Waals surface area contributed by atoms with Crippen LogP contribution in [0.4, 0.5) is 5.69 Å². The van der Waals surface area contributed by atoms with Gasteiger partial charge in [0, 0.05) is 36.8 Å². The quantitative estimate of drug-likeness (QED) is 0.921. The molecule has 3 heteroatoms. The van der Waals surface area contributed by atoms with Crippen molar-refractivity contribution in [2.45, 2.75) is 43.7 Å². The summed E-state index contributed by atoms with van der Waals surface area (Å²) < 4.78 is 0. The molecule has 2 fully saturated rings. The number of fused-ring (bicyclic) bond motifs is 3. The molecule has 3 aliphatic heterocycles. The fourth-order valence-electron chi connectivity index (χ4n) is 4.54. The lowest BCUT2D eigenvalue weighted by Crippen LogP contribution is -2.37. The Bertz CT molecular complexity index is 501. The Morgan fingerprint density at radius 3 is 2.95 bits per heavy atom. The lowest BCUT2D eigenvalue weighted by Gasteiger charge is -2.26. The first-order valence-electron chi connectivity index (χ1n) is 8.58. The van der Waals surface area contributed by atoms with E-state index in [1.54, 1.807) is 0 Å². The number of likely N-dealkylation sites (N-methyl/N-ethyl adjacent to an activating group) is 1. The molecule has 2 bridgehead atoms. The standard InChI is InChI=1S/C18H27N3/c1-20-15-6-7-16(20)13-21(11-9-15)10-8-14-12-19-18-5-3-2-4-17(14)18/h2-5,14-16,19H,6-13H2,1H3. The zero-order chi connectivity index (χ0) is 14.2. The van der Waals surface area contributed by atoms with Gasteiger partial charge >= 0.3 is 0 Å². The molecule has 0 radical (unpaired) electrons. The Morgan fingerprint density at radius 1 is 1.14 bits per heavy atom. The molecule has 3 heterocycles. The minimum atomic E-state index is 0.708. The van der Waals surface area contributed by atoms with Crippen molar-refractivity contribution in [1.29, 1.82) is 0 Å². The van der Waals surface area contributed by atoms with Crippen molar-refractivity contribution >= 4 is 5.69 Å². The van der Waals surface area contributed by atoms with E-state index in [1.165, 1.54) is 56.6 Å². The van der Waals surface area contributed by atoms with Gasteiger partial charge in [-0.2, -0.15) is 0 Å². The van der Waals surface area contributed by atoms with Crippen LogP contribution in [-0.2, 0) is 0 Å². The van der Waals surface area contributed by atoms with Gasteiger partial charge in [0.05, 0.1) is 0 Å². The monoisotopic (exact) mass is 285 g/mol. The highest BCUT2D eigenvalue weighted by atomic mass is 15.3. The molecular formula is C18H27N3. The zero-order valence-corrected chi connectivity index (χ0v) is 13.1. The highest BCUT2D eigenvalue weighted by Crippen LogP contribution is 2.34. The van der Waals surface area contributed by atoms with Gasteiger partial charge in [-0.3, -0.25) is 4.90 Å². The summed E-state index contributed by atoms with van der Waals surface area (Å²) in [5.74, 6) is 0.708. The predicted octanol–water partition coefficient (Wildman–Crippen LogP) is 2.75. The van der Waals surface area contributed by atoms with Gasteiger partial charge < -0.3 is 10.2 Å². The van der Waals surface area contributed by atoms with Crippen LogP contribution < -0.4 is 5.32 Å². The molecule has 114 valence electrons. The molecule has 0 amide bonds. The average Bonchev–Trinajstić information content (AvgIpc) is 3.00. The van der Waals surface area contributed by atoms with Crippen LogP contribution in [0.25, 0.3) is 0 Å². The third-order valence-electron chi connectivity index (χ3n) is 5.97. The Balaban J connectivity index is 1.36.